The largest absolute Gasteiger partial charge is 0.357 e. The van der Waals surface area contributed by atoms with Crippen molar-refractivity contribution in [3.8, 4) is 16.8 Å². The van der Waals surface area contributed by atoms with E-state index in [0.29, 0.717) is 33.6 Å². The summed E-state index contributed by atoms with van der Waals surface area (Å²) in [5.74, 6) is 0.583. The van der Waals surface area contributed by atoms with Crippen molar-refractivity contribution >= 4 is 20.7 Å². The Labute approximate surface area is 215 Å². The third kappa shape index (κ3) is 4.91. The summed E-state index contributed by atoms with van der Waals surface area (Å²) < 4.78 is 28.5. The minimum atomic E-state index is -3.51. The van der Waals surface area contributed by atoms with Crippen molar-refractivity contribution < 1.29 is 8.42 Å². The van der Waals surface area contributed by atoms with E-state index in [1.165, 1.54) is 21.4 Å². The minimum absolute atomic E-state index is 0.0470. The molecule has 1 fully saturated rings. The molecule has 0 aliphatic carbocycles. The van der Waals surface area contributed by atoms with Crippen molar-refractivity contribution in [2.75, 3.05) is 18.8 Å². The molecule has 1 aromatic carbocycles. The maximum absolute atomic E-state index is 13.0. The van der Waals surface area contributed by atoms with E-state index in [-0.39, 0.29) is 21.8 Å². The molecule has 1 aliphatic heterocycles. The van der Waals surface area contributed by atoms with Gasteiger partial charge in [0.05, 0.1) is 28.2 Å². The molecule has 37 heavy (non-hydrogen) atoms. The van der Waals surface area contributed by atoms with Crippen molar-refractivity contribution in [2.24, 2.45) is 13.0 Å². The smallest absolute Gasteiger partial charge is 0.274 e. The SMILES string of the molecule is CCS(=O)(=O)c1ccc(-n2cc(CCC3CCNCC3)ncc2=O)c(-c2cn(C)c(=O)c3[nH]ccc23)c1. The van der Waals surface area contributed by atoms with Crippen molar-refractivity contribution in [1.82, 2.24) is 24.4 Å². The molecule has 10 heteroatoms. The number of hydrogen-bond acceptors (Lipinski definition) is 6. The topological polar surface area (TPSA) is 119 Å². The van der Waals surface area contributed by atoms with Crippen molar-refractivity contribution in [1.29, 1.82) is 0 Å². The monoisotopic (exact) mass is 521 g/mol. The second-order valence-corrected chi connectivity index (χ2v) is 11.9. The second-order valence-electron chi connectivity index (χ2n) is 9.63. The number of nitrogens with zero attached hydrogens (tertiary/aromatic N) is 3. The molecule has 0 unspecified atom stereocenters. The van der Waals surface area contributed by atoms with Crippen LogP contribution in [0, 0.1) is 5.92 Å². The van der Waals surface area contributed by atoms with Crippen molar-refractivity contribution in [2.45, 2.75) is 37.5 Å². The Bertz CT molecular complexity index is 1680. The van der Waals surface area contributed by atoms with E-state index in [1.807, 2.05) is 0 Å². The molecule has 0 amide bonds. The lowest BCUT2D eigenvalue weighted by atomic mass is 9.92. The summed E-state index contributed by atoms with van der Waals surface area (Å²) >= 11 is 0. The lowest BCUT2D eigenvalue weighted by Gasteiger charge is -2.22. The predicted molar refractivity (Wildman–Crippen MR) is 144 cm³/mol. The number of aromatic amines is 1. The maximum Gasteiger partial charge on any atom is 0.274 e. The molecule has 1 saturated heterocycles. The van der Waals surface area contributed by atoms with Gasteiger partial charge in [0.2, 0.25) is 0 Å². The Morgan fingerprint density at radius 3 is 2.62 bits per heavy atom. The van der Waals surface area contributed by atoms with E-state index in [4.69, 9.17) is 0 Å². The average molecular weight is 522 g/mol. The summed E-state index contributed by atoms with van der Waals surface area (Å²) in [7, 11) is -1.86. The number of sulfone groups is 1. The highest BCUT2D eigenvalue weighted by atomic mass is 32.2. The van der Waals surface area contributed by atoms with Crippen LogP contribution in [0.3, 0.4) is 0 Å². The van der Waals surface area contributed by atoms with Crippen LogP contribution in [-0.2, 0) is 23.3 Å². The predicted octanol–water partition coefficient (Wildman–Crippen LogP) is 2.81. The fraction of sp³-hybridized carbons (Fsp3) is 0.370. The zero-order valence-electron chi connectivity index (χ0n) is 21.0. The lowest BCUT2D eigenvalue weighted by molar-refractivity contribution is 0.353. The highest BCUT2D eigenvalue weighted by molar-refractivity contribution is 7.91. The fourth-order valence-corrected chi connectivity index (χ4v) is 5.98. The number of piperidine rings is 1. The van der Waals surface area contributed by atoms with Crippen molar-refractivity contribution in [3.05, 3.63) is 75.5 Å². The first-order valence-corrected chi connectivity index (χ1v) is 14.3. The van der Waals surface area contributed by atoms with Crippen LogP contribution in [0.1, 0.15) is 31.9 Å². The first-order valence-electron chi connectivity index (χ1n) is 12.6. The summed E-state index contributed by atoms with van der Waals surface area (Å²) in [5.41, 5.74) is 2.46. The van der Waals surface area contributed by atoms with Gasteiger partial charge in [-0.3, -0.25) is 19.1 Å². The maximum atomic E-state index is 13.0. The third-order valence-electron chi connectivity index (χ3n) is 7.27. The average Bonchev–Trinajstić information content (AvgIpc) is 3.41. The number of aryl methyl sites for hydroxylation is 2. The normalized spacial score (nSPS) is 14.9. The molecule has 2 N–H and O–H groups in total. The van der Waals surface area contributed by atoms with Crippen LogP contribution in [0.15, 0.2) is 63.5 Å². The van der Waals surface area contributed by atoms with Crippen molar-refractivity contribution in [3.63, 3.8) is 0 Å². The standard InChI is InChI=1S/C27H31N5O4S/c1-3-37(35,36)20-6-7-24(22(14-20)23-17-31(2)27(34)26-21(23)10-13-29-26)32-16-19(30-15-25(32)33)5-4-18-8-11-28-12-9-18/h6-7,10,13-18,28-29H,3-5,8-9,11-12H2,1-2H3. The van der Waals surface area contributed by atoms with Crippen LogP contribution in [0.25, 0.3) is 27.7 Å². The fourth-order valence-electron chi connectivity index (χ4n) is 5.07. The molecule has 0 bridgehead atoms. The Morgan fingerprint density at radius 1 is 1.08 bits per heavy atom. The van der Waals surface area contributed by atoms with Crippen LogP contribution in [0.5, 0.6) is 0 Å². The van der Waals surface area contributed by atoms with Gasteiger partial charge in [0.25, 0.3) is 11.1 Å². The van der Waals surface area contributed by atoms with Crippen LogP contribution in [0.4, 0.5) is 0 Å². The molecule has 4 heterocycles. The molecule has 4 aromatic rings. The third-order valence-corrected chi connectivity index (χ3v) is 9.01. The second kappa shape index (κ2) is 10.1. The highest BCUT2D eigenvalue weighted by Crippen LogP contribution is 2.33. The van der Waals surface area contributed by atoms with Gasteiger partial charge in [-0.25, -0.2) is 8.42 Å². The number of pyridine rings is 1. The van der Waals surface area contributed by atoms with Gasteiger partial charge in [-0.2, -0.15) is 0 Å². The van der Waals surface area contributed by atoms with Gasteiger partial charge in [0.15, 0.2) is 9.84 Å². The lowest BCUT2D eigenvalue weighted by Crippen LogP contribution is -2.28. The molecule has 0 radical (unpaired) electrons. The van der Waals surface area contributed by atoms with Crippen LogP contribution < -0.4 is 16.4 Å². The number of benzene rings is 1. The van der Waals surface area contributed by atoms with Gasteiger partial charge < -0.3 is 14.9 Å². The molecule has 5 rings (SSSR count). The molecule has 194 valence electrons. The Morgan fingerprint density at radius 2 is 1.86 bits per heavy atom. The molecular formula is C27H31N5O4S. The zero-order chi connectivity index (χ0) is 26.2. The highest BCUT2D eigenvalue weighted by Gasteiger charge is 2.20. The van der Waals surface area contributed by atoms with E-state index >= 15 is 0 Å². The summed E-state index contributed by atoms with van der Waals surface area (Å²) in [6.07, 6.45) is 10.5. The number of rotatable bonds is 7. The first-order chi connectivity index (χ1) is 17.8. The number of hydrogen-bond donors (Lipinski definition) is 2. The van der Waals surface area contributed by atoms with E-state index in [1.54, 1.807) is 50.8 Å². The molecule has 1 aliphatic rings. The van der Waals surface area contributed by atoms with E-state index in [0.717, 1.165) is 44.5 Å². The van der Waals surface area contributed by atoms with Crippen LogP contribution in [0.2, 0.25) is 0 Å². The minimum Gasteiger partial charge on any atom is -0.357 e. The Hall–Kier alpha value is -3.50. The van der Waals surface area contributed by atoms with Gasteiger partial charge >= 0.3 is 0 Å². The van der Waals surface area contributed by atoms with Gasteiger partial charge in [-0.1, -0.05) is 6.92 Å². The molecular weight excluding hydrogens is 490 g/mol. The summed E-state index contributed by atoms with van der Waals surface area (Å²) in [4.78, 5) is 33.3. The van der Waals surface area contributed by atoms with Gasteiger partial charge in [-0.15, -0.1) is 0 Å². The summed E-state index contributed by atoms with van der Waals surface area (Å²) in [6, 6.07) is 6.59. The van der Waals surface area contributed by atoms with Crippen LogP contribution >= 0.6 is 0 Å². The number of aromatic nitrogens is 4. The molecule has 0 spiro atoms. The molecule has 9 nitrogen and oxygen atoms in total. The first kappa shape index (κ1) is 25.2. The van der Waals surface area contributed by atoms with Gasteiger partial charge in [0, 0.05) is 42.2 Å². The van der Waals surface area contributed by atoms with Gasteiger partial charge in [0.1, 0.15) is 5.52 Å². The number of nitrogens with one attached hydrogen (secondary N) is 2. The molecule has 0 atom stereocenters. The van der Waals surface area contributed by atoms with E-state index in [2.05, 4.69) is 15.3 Å². The van der Waals surface area contributed by atoms with E-state index in [9.17, 15) is 18.0 Å². The quantitative estimate of drug-likeness (QED) is 0.386. The van der Waals surface area contributed by atoms with Gasteiger partial charge in [-0.05, 0) is 69.0 Å². The Balaban J connectivity index is 1.66. The summed E-state index contributed by atoms with van der Waals surface area (Å²) in [5, 5.41) is 4.04. The summed E-state index contributed by atoms with van der Waals surface area (Å²) in [6.45, 7) is 3.66. The van der Waals surface area contributed by atoms with E-state index < -0.39 is 9.84 Å². The molecule has 0 saturated carbocycles. The Kier molecular flexibility index (Phi) is 6.87. The van der Waals surface area contributed by atoms with Crippen LogP contribution in [-0.4, -0.2) is 46.4 Å². The molecule has 3 aromatic heterocycles. The number of H-pyrrole nitrogens is 1. The zero-order valence-corrected chi connectivity index (χ0v) is 21.8. The number of fused-ring (bicyclic) bond motifs is 1.